The number of rotatable bonds is 7. The largest absolute Gasteiger partial charge is 0.481 e. The molecule has 7 rings (SSSR count). The van der Waals surface area contributed by atoms with Gasteiger partial charge in [-0.1, -0.05) is 30.3 Å². The summed E-state index contributed by atoms with van der Waals surface area (Å²) in [6, 6.07) is 10.1. The molecule has 1 heterocycles. The highest BCUT2D eigenvalue weighted by atomic mass is 19.1. The highest BCUT2D eigenvalue weighted by Gasteiger charge is 2.54. The molecule has 2 aromatic carbocycles. The summed E-state index contributed by atoms with van der Waals surface area (Å²) < 4.78 is 15.0. The Bertz CT molecular complexity index is 1450. The molecule has 1 N–H and O–H groups in total. The maximum Gasteiger partial charge on any atom is 0.310 e. The van der Waals surface area contributed by atoms with Crippen molar-refractivity contribution in [1.29, 1.82) is 0 Å². The summed E-state index contributed by atoms with van der Waals surface area (Å²) in [5, 5.41) is 9.49. The predicted molar refractivity (Wildman–Crippen MR) is 156 cm³/mol. The quantitative estimate of drug-likeness (QED) is 0.446. The molecule has 0 radical (unpaired) electrons. The molecule has 4 bridgehead atoms. The van der Waals surface area contributed by atoms with Gasteiger partial charge in [-0.25, -0.2) is 4.39 Å². The van der Waals surface area contributed by atoms with E-state index in [1.54, 1.807) is 42.5 Å². The number of ketones is 2. The van der Waals surface area contributed by atoms with E-state index in [4.69, 9.17) is 0 Å². The second-order valence-corrected chi connectivity index (χ2v) is 13.3. The Labute approximate surface area is 250 Å². The molecular weight excluding hydrogens is 551 g/mol. The van der Waals surface area contributed by atoms with E-state index in [0.29, 0.717) is 24.2 Å². The number of fused-ring (bicyclic) bond motifs is 1. The second-order valence-electron chi connectivity index (χ2n) is 13.3. The number of hydrogen-bond acceptors (Lipinski definition) is 5. The maximum atomic E-state index is 15.0. The number of hydrogen-bond donors (Lipinski definition) is 1. The van der Waals surface area contributed by atoms with Gasteiger partial charge in [0, 0.05) is 24.5 Å². The molecule has 4 saturated carbocycles. The first-order valence-electron chi connectivity index (χ1n) is 15.2. The van der Waals surface area contributed by atoms with Crippen molar-refractivity contribution < 1.29 is 33.5 Å². The predicted octanol–water partition coefficient (Wildman–Crippen LogP) is 5.18. The third kappa shape index (κ3) is 5.61. The Morgan fingerprint density at radius 1 is 0.930 bits per heavy atom. The zero-order valence-electron chi connectivity index (χ0n) is 24.3. The van der Waals surface area contributed by atoms with Crippen LogP contribution < -0.4 is 4.90 Å². The molecule has 4 fully saturated rings. The Morgan fingerprint density at radius 3 is 2.14 bits per heavy atom. The minimum atomic E-state index is -1.41. The first-order chi connectivity index (χ1) is 20.5. The van der Waals surface area contributed by atoms with Crippen LogP contribution in [-0.4, -0.2) is 51.4 Å². The summed E-state index contributed by atoms with van der Waals surface area (Å²) in [5.41, 5.74) is 0.494. The first-order valence-corrected chi connectivity index (χ1v) is 15.2. The number of carboxylic acid groups (broad SMARTS) is 1. The lowest BCUT2D eigenvalue weighted by atomic mass is 9.48. The van der Waals surface area contributed by atoms with Crippen molar-refractivity contribution in [2.75, 3.05) is 4.90 Å². The van der Waals surface area contributed by atoms with Gasteiger partial charge in [0.15, 0.2) is 11.6 Å². The number of benzene rings is 2. The monoisotopic (exact) mass is 588 g/mol. The molecule has 0 unspecified atom stereocenters. The minimum absolute atomic E-state index is 0.166. The molecular formula is C34H37FN2O6. The highest BCUT2D eigenvalue weighted by Crippen LogP contribution is 2.62. The van der Waals surface area contributed by atoms with E-state index in [-0.39, 0.29) is 28.8 Å². The van der Waals surface area contributed by atoms with Gasteiger partial charge in [-0.3, -0.25) is 24.0 Å². The minimum Gasteiger partial charge on any atom is -0.481 e. The van der Waals surface area contributed by atoms with E-state index >= 15 is 0 Å². The fourth-order valence-corrected chi connectivity index (χ4v) is 9.03. The number of nitrogens with zero attached hydrogens (tertiary/aromatic N) is 2. The van der Waals surface area contributed by atoms with E-state index in [9.17, 15) is 33.5 Å². The molecule has 0 spiro atoms. The van der Waals surface area contributed by atoms with Crippen molar-refractivity contribution in [2.24, 2.45) is 23.2 Å². The second kappa shape index (κ2) is 11.3. The number of anilines is 1. The van der Waals surface area contributed by atoms with Gasteiger partial charge in [-0.2, -0.15) is 0 Å². The van der Waals surface area contributed by atoms with Crippen molar-refractivity contribution in [3.8, 4) is 0 Å². The third-order valence-corrected chi connectivity index (χ3v) is 10.2. The smallest absolute Gasteiger partial charge is 0.310 e. The van der Waals surface area contributed by atoms with Crippen molar-refractivity contribution >= 4 is 35.0 Å². The van der Waals surface area contributed by atoms with Gasteiger partial charge < -0.3 is 14.9 Å². The van der Waals surface area contributed by atoms with E-state index in [1.807, 2.05) is 0 Å². The van der Waals surface area contributed by atoms with E-state index in [1.165, 1.54) is 42.1 Å². The number of amides is 2. The topological polar surface area (TPSA) is 112 Å². The van der Waals surface area contributed by atoms with Crippen molar-refractivity contribution in [3.63, 3.8) is 0 Å². The molecule has 2 atom stereocenters. The van der Waals surface area contributed by atoms with Crippen LogP contribution >= 0.6 is 0 Å². The van der Waals surface area contributed by atoms with Crippen LogP contribution in [0.1, 0.15) is 80.6 Å². The average Bonchev–Trinajstić information content (AvgIpc) is 2.97. The zero-order valence-corrected chi connectivity index (χ0v) is 24.3. The molecule has 4 aliphatic carbocycles. The zero-order chi connectivity index (χ0) is 30.5. The fourth-order valence-electron chi connectivity index (χ4n) is 9.03. The molecule has 2 amide bonds. The Balaban J connectivity index is 1.50. The molecule has 226 valence electrons. The Morgan fingerprint density at radius 2 is 1.53 bits per heavy atom. The lowest BCUT2D eigenvalue weighted by Crippen LogP contribution is -2.59. The van der Waals surface area contributed by atoms with Gasteiger partial charge >= 0.3 is 5.97 Å². The van der Waals surface area contributed by atoms with Crippen LogP contribution in [0.25, 0.3) is 0 Å². The fraction of sp³-hybridized carbons (Fsp3) is 0.500. The molecule has 9 heteroatoms. The van der Waals surface area contributed by atoms with Crippen LogP contribution in [0.4, 0.5) is 10.1 Å². The lowest BCUT2D eigenvalue weighted by molar-refractivity contribution is -0.151. The van der Waals surface area contributed by atoms with E-state index in [0.717, 1.165) is 19.3 Å². The van der Waals surface area contributed by atoms with E-state index < -0.39 is 60.1 Å². The number of carboxylic acids is 1. The summed E-state index contributed by atoms with van der Waals surface area (Å²) in [4.78, 5) is 70.0. The summed E-state index contributed by atoms with van der Waals surface area (Å²) in [7, 11) is 0. The summed E-state index contributed by atoms with van der Waals surface area (Å²) in [6.07, 6.45) is 5.33. The molecule has 8 nitrogen and oxygen atoms in total. The number of Topliss-reactive ketones (excluding diaryl/α,β-unsaturated/α-hetero) is 2. The molecule has 2 aromatic rings. The van der Waals surface area contributed by atoms with Crippen molar-refractivity contribution in [3.05, 3.63) is 65.5 Å². The summed E-state index contributed by atoms with van der Waals surface area (Å²) in [5.74, 6) is -2.55. The third-order valence-electron chi connectivity index (χ3n) is 10.2. The SMILES string of the molecule is CC(=O)N1[C@H](CC23CC4CC(CC(C4)C2)C3)C(=O)N(Cc2ccccc2F)c2ccccc2C(=O)C[C@H]1C(=O)CC(=O)O. The van der Waals surface area contributed by atoms with E-state index in [2.05, 4.69) is 0 Å². The van der Waals surface area contributed by atoms with Crippen LogP contribution in [0.15, 0.2) is 48.5 Å². The number of para-hydroxylation sites is 1. The normalized spacial score (nSPS) is 30.0. The molecule has 43 heavy (non-hydrogen) atoms. The van der Waals surface area contributed by atoms with Gasteiger partial charge in [0.05, 0.1) is 18.3 Å². The standard InChI is InChI=1S/C34H37FN2O6/c1-20(38)37-28(31(40)14-32(41)42)13-30(39)25-7-3-5-9-27(25)36(19-24-6-2-4-8-26(24)35)33(43)29(37)18-34-15-21-10-22(16-34)12-23(11-21)17-34/h2-9,21-23,28-29H,10-19H2,1H3,(H,41,42)/t21?,22?,23?,28-,29+,34?/m0/s1. The van der Waals surface area contributed by atoms with Gasteiger partial charge in [0.1, 0.15) is 18.3 Å². The van der Waals surface area contributed by atoms with Crippen LogP contribution in [0.5, 0.6) is 0 Å². The summed E-state index contributed by atoms with van der Waals surface area (Å²) >= 11 is 0. The lowest BCUT2D eigenvalue weighted by Gasteiger charge is -2.58. The van der Waals surface area contributed by atoms with Crippen LogP contribution in [0.2, 0.25) is 0 Å². The molecule has 5 aliphatic rings. The number of halogens is 1. The van der Waals surface area contributed by atoms with Gasteiger partial charge in [0.25, 0.3) is 0 Å². The van der Waals surface area contributed by atoms with Gasteiger partial charge in [-0.05, 0) is 86.3 Å². The van der Waals surface area contributed by atoms with Crippen LogP contribution in [0, 0.1) is 29.0 Å². The number of aliphatic carboxylic acids is 1. The molecule has 0 aromatic heterocycles. The van der Waals surface area contributed by atoms with Crippen molar-refractivity contribution in [2.45, 2.75) is 83.3 Å². The van der Waals surface area contributed by atoms with Crippen LogP contribution in [0.3, 0.4) is 0 Å². The maximum absolute atomic E-state index is 15.0. The number of carbonyl (C=O) groups excluding carboxylic acids is 4. The molecule has 0 saturated heterocycles. The number of carbonyl (C=O) groups is 5. The Kier molecular flexibility index (Phi) is 7.69. The van der Waals surface area contributed by atoms with Crippen molar-refractivity contribution in [1.82, 2.24) is 4.90 Å². The molecule has 1 aliphatic heterocycles. The highest BCUT2D eigenvalue weighted by molar-refractivity contribution is 6.11. The van der Waals surface area contributed by atoms with Gasteiger partial charge in [-0.15, -0.1) is 0 Å². The van der Waals surface area contributed by atoms with Gasteiger partial charge in [0.2, 0.25) is 11.8 Å². The Hall–Kier alpha value is -3.88. The first kappa shape index (κ1) is 29.2. The van der Waals surface area contributed by atoms with Crippen LogP contribution in [-0.2, 0) is 25.7 Å². The average molecular weight is 589 g/mol. The summed E-state index contributed by atoms with van der Waals surface area (Å²) in [6.45, 7) is 1.09.